The Kier molecular flexibility index (Phi) is 2.38. The highest BCUT2D eigenvalue weighted by Gasteiger charge is 2.02. The van der Waals surface area contributed by atoms with Crippen LogP contribution in [0.4, 0.5) is 0 Å². The predicted octanol–water partition coefficient (Wildman–Crippen LogP) is 2.47. The van der Waals surface area contributed by atoms with Crippen LogP contribution < -0.4 is 0 Å². The normalized spacial score (nSPS) is 10.9. The number of H-pyrrole nitrogens is 1. The van der Waals surface area contributed by atoms with Gasteiger partial charge in [-0.1, -0.05) is 22.0 Å². The zero-order valence-corrected chi connectivity index (χ0v) is 8.63. The highest BCUT2D eigenvalue weighted by Crippen LogP contribution is 2.22. The second-order valence-electron chi connectivity index (χ2n) is 2.98. The van der Waals surface area contributed by atoms with Crippen molar-refractivity contribution in [3.05, 3.63) is 34.4 Å². The molecule has 2 rings (SSSR count). The first kappa shape index (κ1) is 8.78. The van der Waals surface area contributed by atoms with E-state index in [1.807, 2.05) is 18.3 Å². The number of nitrogens with one attached hydrogen (secondary N) is 1. The summed E-state index contributed by atoms with van der Waals surface area (Å²) in [6, 6.07) is 6.11. The minimum atomic E-state index is 0.197. The van der Waals surface area contributed by atoms with Crippen molar-refractivity contribution in [3.8, 4) is 0 Å². The summed E-state index contributed by atoms with van der Waals surface area (Å²) in [5, 5.41) is 10.0. The fourth-order valence-corrected chi connectivity index (χ4v) is 1.85. The molecule has 0 atom stereocenters. The summed E-state index contributed by atoms with van der Waals surface area (Å²) in [6.45, 7) is 0.197. The van der Waals surface area contributed by atoms with Gasteiger partial charge in [0.1, 0.15) is 0 Å². The molecular formula is C10H10BrNO. The number of aliphatic hydroxyl groups is 1. The molecule has 3 heteroatoms. The smallest absolute Gasteiger partial charge is 0.0472 e. The van der Waals surface area contributed by atoms with Crippen LogP contribution >= 0.6 is 15.9 Å². The van der Waals surface area contributed by atoms with E-state index in [0.717, 1.165) is 9.99 Å². The van der Waals surface area contributed by atoms with Crippen LogP contribution in [-0.2, 0) is 6.42 Å². The van der Waals surface area contributed by atoms with Crippen molar-refractivity contribution in [2.75, 3.05) is 6.61 Å². The van der Waals surface area contributed by atoms with E-state index in [1.54, 1.807) is 0 Å². The third-order valence-electron chi connectivity index (χ3n) is 2.11. The zero-order valence-electron chi connectivity index (χ0n) is 7.05. The number of halogens is 1. The van der Waals surface area contributed by atoms with Crippen molar-refractivity contribution in [1.29, 1.82) is 0 Å². The molecule has 0 aliphatic heterocycles. The van der Waals surface area contributed by atoms with E-state index in [2.05, 4.69) is 27.0 Å². The van der Waals surface area contributed by atoms with Crippen molar-refractivity contribution >= 4 is 26.8 Å². The molecule has 0 fully saturated rings. The molecule has 68 valence electrons. The molecule has 13 heavy (non-hydrogen) atoms. The van der Waals surface area contributed by atoms with Crippen LogP contribution in [0, 0.1) is 0 Å². The fourth-order valence-electron chi connectivity index (χ4n) is 1.49. The van der Waals surface area contributed by atoms with Gasteiger partial charge in [0.25, 0.3) is 0 Å². The largest absolute Gasteiger partial charge is 0.396 e. The van der Waals surface area contributed by atoms with Gasteiger partial charge in [0.15, 0.2) is 0 Å². The third kappa shape index (κ3) is 1.62. The summed E-state index contributed by atoms with van der Waals surface area (Å²) in [7, 11) is 0. The van der Waals surface area contributed by atoms with Gasteiger partial charge < -0.3 is 10.1 Å². The van der Waals surface area contributed by atoms with Gasteiger partial charge in [0, 0.05) is 28.2 Å². The van der Waals surface area contributed by atoms with E-state index in [9.17, 15) is 0 Å². The Labute approximate surface area is 84.7 Å². The average Bonchev–Trinajstić information content (AvgIpc) is 2.49. The van der Waals surface area contributed by atoms with E-state index >= 15 is 0 Å². The van der Waals surface area contributed by atoms with Gasteiger partial charge in [-0.2, -0.15) is 0 Å². The summed E-state index contributed by atoms with van der Waals surface area (Å²) >= 11 is 3.41. The molecule has 1 aromatic heterocycles. The average molecular weight is 240 g/mol. The summed E-state index contributed by atoms with van der Waals surface area (Å²) in [5.41, 5.74) is 2.28. The first-order valence-electron chi connectivity index (χ1n) is 4.17. The quantitative estimate of drug-likeness (QED) is 0.831. The molecule has 0 radical (unpaired) electrons. The van der Waals surface area contributed by atoms with Gasteiger partial charge >= 0.3 is 0 Å². The number of hydrogen-bond acceptors (Lipinski definition) is 1. The minimum absolute atomic E-state index is 0.197. The van der Waals surface area contributed by atoms with Gasteiger partial charge in [-0.3, -0.25) is 0 Å². The van der Waals surface area contributed by atoms with Crippen LogP contribution in [0.25, 0.3) is 10.9 Å². The van der Waals surface area contributed by atoms with Gasteiger partial charge in [-0.05, 0) is 24.1 Å². The third-order valence-corrected chi connectivity index (χ3v) is 2.60. The zero-order chi connectivity index (χ0) is 9.26. The summed E-state index contributed by atoms with van der Waals surface area (Å²) in [6.07, 6.45) is 2.66. The van der Waals surface area contributed by atoms with Gasteiger partial charge in [-0.25, -0.2) is 0 Å². The van der Waals surface area contributed by atoms with E-state index in [4.69, 9.17) is 5.11 Å². The molecule has 0 saturated heterocycles. The van der Waals surface area contributed by atoms with Crippen molar-refractivity contribution in [2.45, 2.75) is 6.42 Å². The number of benzene rings is 1. The Hall–Kier alpha value is -0.800. The number of fused-ring (bicyclic) bond motifs is 1. The van der Waals surface area contributed by atoms with Crippen LogP contribution in [0.15, 0.2) is 28.9 Å². The lowest BCUT2D eigenvalue weighted by atomic mass is 10.1. The van der Waals surface area contributed by atoms with Gasteiger partial charge in [0.05, 0.1) is 0 Å². The second-order valence-corrected chi connectivity index (χ2v) is 3.89. The Morgan fingerprint density at radius 2 is 2.23 bits per heavy atom. The molecule has 0 saturated carbocycles. The first-order valence-corrected chi connectivity index (χ1v) is 4.97. The lowest BCUT2D eigenvalue weighted by molar-refractivity contribution is 0.300. The second kappa shape index (κ2) is 3.52. The maximum absolute atomic E-state index is 8.83. The molecule has 0 unspecified atom stereocenters. The van der Waals surface area contributed by atoms with Crippen LogP contribution in [0.2, 0.25) is 0 Å². The standard InChI is InChI=1S/C10H10BrNO/c11-8-1-2-9-7(3-4-13)6-12-10(9)5-8/h1-2,5-6,12-13H,3-4H2. The number of aromatic nitrogens is 1. The topological polar surface area (TPSA) is 36.0 Å². The molecule has 1 aromatic carbocycles. The molecule has 0 amide bonds. The van der Waals surface area contributed by atoms with E-state index in [1.165, 1.54) is 10.9 Å². The Balaban J connectivity index is 2.55. The van der Waals surface area contributed by atoms with Crippen molar-refractivity contribution < 1.29 is 5.11 Å². The predicted molar refractivity (Wildman–Crippen MR) is 56.8 cm³/mol. The summed E-state index contributed by atoms with van der Waals surface area (Å²) in [4.78, 5) is 3.17. The summed E-state index contributed by atoms with van der Waals surface area (Å²) < 4.78 is 1.07. The minimum Gasteiger partial charge on any atom is -0.396 e. The Morgan fingerprint density at radius 1 is 1.38 bits per heavy atom. The molecule has 0 spiro atoms. The van der Waals surface area contributed by atoms with Crippen molar-refractivity contribution in [1.82, 2.24) is 4.98 Å². The highest BCUT2D eigenvalue weighted by atomic mass is 79.9. The van der Waals surface area contributed by atoms with Crippen LogP contribution in [0.3, 0.4) is 0 Å². The lowest BCUT2D eigenvalue weighted by Gasteiger charge is -1.95. The van der Waals surface area contributed by atoms with Crippen LogP contribution in [0.1, 0.15) is 5.56 Å². The molecule has 0 aliphatic carbocycles. The monoisotopic (exact) mass is 239 g/mol. The van der Waals surface area contributed by atoms with Crippen LogP contribution in [0.5, 0.6) is 0 Å². The molecule has 1 heterocycles. The number of aromatic amines is 1. The van der Waals surface area contributed by atoms with Gasteiger partial charge in [-0.15, -0.1) is 0 Å². The molecule has 2 N–H and O–H groups in total. The maximum atomic E-state index is 8.83. The van der Waals surface area contributed by atoms with E-state index in [0.29, 0.717) is 6.42 Å². The van der Waals surface area contributed by atoms with Crippen molar-refractivity contribution in [3.63, 3.8) is 0 Å². The Bertz CT molecular complexity index is 422. The van der Waals surface area contributed by atoms with E-state index in [-0.39, 0.29) is 6.61 Å². The molecule has 0 aliphatic rings. The lowest BCUT2D eigenvalue weighted by Crippen LogP contribution is -1.87. The van der Waals surface area contributed by atoms with E-state index < -0.39 is 0 Å². The SMILES string of the molecule is OCCc1c[nH]c2cc(Br)ccc12. The van der Waals surface area contributed by atoms with Gasteiger partial charge in [0.2, 0.25) is 0 Å². The highest BCUT2D eigenvalue weighted by molar-refractivity contribution is 9.10. The number of rotatable bonds is 2. The molecular weight excluding hydrogens is 230 g/mol. The molecule has 2 aromatic rings. The molecule has 0 bridgehead atoms. The molecule has 2 nitrogen and oxygen atoms in total. The van der Waals surface area contributed by atoms with Crippen LogP contribution in [-0.4, -0.2) is 16.7 Å². The number of aliphatic hydroxyl groups excluding tert-OH is 1. The number of hydrogen-bond donors (Lipinski definition) is 2. The maximum Gasteiger partial charge on any atom is 0.0472 e. The Morgan fingerprint density at radius 3 is 3.00 bits per heavy atom. The summed E-state index contributed by atoms with van der Waals surface area (Å²) in [5.74, 6) is 0. The first-order chi connectivity index (χ1) is 6.31. The van der Waals surface area contributed by atoms with Crippen molar-refractivity contribution in [2.24, 2.45) is 0 Å². The fraction of sp³-hybridized carbons (Fsp3) is 0.200.